The maximum absolute atomic E-state index is 11.9. The van der Waals surface area contributed by atoms with Gasteiger partial charge in [-0.15, -0.1) is 0 Å². The highest BCUT2D eigenvalue weighted by atomic mass is 35.5. The first-order chi connectivity index (χ1) is 8.41. The fourth-order valence-corrected chi connectivity index (χ4v) is 2.44. The van der Waals surface area contributed by atoms with Crippen molar-refractivity contribution >= 4 is 57.3 Å². The normalized spacial score (nSPS) is 10.2. The Labute approximate surface area is 127 Å². The van der Waals surface area contributed by atoms with Crippen LogP contribution in [0.25, 0.3) is 0 Å². The Morgan fingerprint density at radius 1 is 1.33 bits per heavy atom. The molecule has 0 unspecified atom stereocenters. The lowest BCUT2D eigenvalue weighted by molar-refractivity contribution is 0.0989. The number of halogens is 2. The highest BCUT2D eigenvalue weighted by molar-refractivity contribution is 8.22. The van der Waals surface area contributed by atoms with Crippen LogP contribution in [-0.2, 0) is 0 Å². The van der Waals surface area contributed by atoms with Gasteiger partial charge in [-0.3, -0.25) is 4.79 Å². The van der Waals surface area contributed by atoms with Crippen molar-refractivity contribution in [1.82, 2.24) is 4.90 Å². The first-order valence-electron chi connectivity index (χ1n) is 5.24. The van der Waals surface area contributed by atoms with E-state index in [1.807, 2.05) is 19.0 Å². The van der Waals surface area contributed by atoms with Crippen molar-refractivity contribution in [2.24, 2.45) is 0 Å². The zero-order valence-electron chi connectivity index (χ0n) is 10.1. The van der Waals surface area contributed by atoms with E-state index >= 15 is 0 Å². The second kappa shape index (κ2) is 7.34. The molecule has 0 heterocycles. The Balaban J connectivity index is 2.50. The predicted octanol–water partition coefficient (Wildman–Crippen LogP) is 4.15. The Kier molecular flexibility index (Phi) is 6.43. The number of rotatable bonds is 4. The predicted molar refractivity (Wildman–Crippen MR) is 84.2 cm³/mol. The molecule has 0 atom stereocenters. The molecule has 0 amide bonds. The van der Waals surface area contributed by atoms with E-state index in [1.54, 1.807) is 18.2 Å². The lowest BCUT2D eigenvalue weighted by atomic mass is 10.1. The summed E-state index contributed by atoms with van der Waals surface area (Å²) < 4.78 is 0.775. The van der Waals surface area contributed by atoms with Gasteiger partial charge >= 0.3 is 0 Å². The Bertz CT molecular complexity index is 463. The van der Waals surface area contributed by atoms with Gasteiger partial charge in [-0.05, 0) is 18.2 Å². The summed E-state index contributed by atoms with van der Waals surface area (Å²) in [5, 5.41) is 0.857. The minimum Gasteiger partial charge on any atom is -0.364 e. The third-order valence-electron chi connectivity index (χ3n) is 2.16. The van der Waals surface area contributed by atoms with E-state index in [2.05, 4.69) is 0 Å². The number of nitrogens with zero attached hydrogens (tertiary/aromatic N) is 1. The topological polar surface area (TPSA) is 20.3 Å². The van der Waals surface area contributed by atoms with Crippen LogP contribution in [-0.4, -0.2) is 34.9 Å². The van der Waals surface area contributed by atoms with Gasteiger partial charge in [0.1, 0.15) is 4.32 Å². The van der Waals surface area contributed by atoms with E-state index in [1.165, 1.54) is 11.8 Å². The molecule has 0 aliphatic rings. The monoisotopic (exact) mass is 321 g/mol. The molecule has 0 spiro atoms. The summed E-state index contributed by atoms with van der Waals surface area (Å²) in [6.45, 7) is 0. The second-order valence-electron chi connectivity index (χ2n) is 3.81. The van der Waals surface area contributed by atoms with Gasteiger partial charge in [-0.25, -0.2) is 0 Å². The highest BCUT2D eigenvalue weighted by Crippen LogP contribution is 2.23. The van der Waals surface area contributed by atoms with Crippen molar-refractivity contribution < 1.29 is 4.79 Å². The molecule has 0 bridgehead atoms. The molecule has 1 aromatic carbocycles. The molecule has 0 saturated heterocycles. The Morgan fingerprint density at radius 3 is 2.56 bits per heavy atom. The van der Waals surface area contributed by atoms with E-state index in [0.29, 0.717) is 27.8 Å². The van der Waals surface area contributed by atoms with E-state index in [9.17, 15) is 4.79 Å². The Morgan fingerprint density at radius 2 is 2.00 bits per heavy atom. The van der Waals surface area contributed by atoms with Crippen molar-refractivity contribution in [1.29, 1.82) is 0 Å². The molecule has 0 aliphatic carbocycles. The summed E-state index contributed by atoms with van der Waals surface area (Å²) in [5.74, 6) is 0.707. The minimum atomic E-state index is 0.0441. The summed E-state index contributed by atoms with van der Waals surface area (Å²) in [4.78, 5) is 13.7. The molecule has 18 heavy (non-hydrogen) atoms. The number of hydrogen-bond acceptors (Lipinski definition) is 3. The van der Waals surface area contributed by atoms with Crippen LogP contribution in [0.3, 0.4) is 0 Å². The van der Waals surface area contributed by atoms with Crippen LogP contribution < -0.4 is 0 Å². The molecule has 0 saturated carbocycles. The molecular formula is C12H13Cl2NOS2. The summed E-state index contributed by atoms with van der Waals surface area (Å²) in [5.41, 5.74) is 0.584. The van der Waals surface area contributed by atoms with Crippen molar-refractivity contribution in [2.45, 2.75) is 6.42 Å². The third-order valence-corrected chi connectivity index (χ3v) is 4.64. The van der Waals surface area contributed by atoms with Crippen molar-refractivity contribution in [3.63, 3.8) is 0 Å². The molecule has 2 nitrogen and oxygen atoms in total. The quantitative estimate of drug-likeness (QED) is 0.613. The molecular weight excluding hydrogens is 309 g/mol. The van der Waals surface area contributed by atoms with Crippen LogP contribution in [0.2, 0.25) is 10.0 Å². The summed E-state index contributed by atoms with van der Waals surface area (Å²) in [7, 11) is 3.77. The van der Waals surface area contributed by atoms with Gasteiger partial charge in [0.2, 0.25) is 0 Å². The van der Waals surface area contributed by atoms with Crippen molar-refractivity contribution in [2.75, 3.05) is 19.8 Å². The number of thiocarbonyl (C=S) groups is 1. The summed E-state index contributed by atoms with van der Waals surface area (Å²) >= 11 is 18.3. The van der Waals surface area contributed by atoms with Crippen LogP contribution >= 0.6 is 47.2 Å². The van der Waals surface area contributed by atoms with Crippen LogP contribution in [0, 0.1) is 0 Å². The molecule has 0 fully saturated rings. The molecule has 1 rings (SSSR count). The molecule has 1 aromatic rings. The number of benzene rings is 1. The fraction of sp³-hybridized carbons (Fsp3) is 0.333. The molecule has 0 aromatic heterocycles. The summed E-state index contributed by atoms with van der Waals surface area (Å²) in [6.07, 6.45) is 0.427. The average Bonchev–Trinajstić information content (AvgIpc) is 2.32. The van der Waals surface area contributed by atoms with Crippen LogP contribution in [0.5, 0.6) is 0 Å². The standard InChI is InChI=1S/C12H13Cl2NOS2/c1-15(2)12(17)18-6-5-11(16)8-3-4-9(13)10(14)7-8/h3-4,7H,5-6H2,1-2H3. The van der Waals surface area contributed by atoms with Gasteiger partial charge in [0.15, 0.2) is 5.78 Å². The lowest BCUT2D eigenvalue weighted by Crippen LogP contribution is -2.16. The van der Waals surface area contributed by atoms with Crippen molar-refractivity contribution in [3.8, 4) is 0 Å². The Hall–Kier alpha value is -0.290. The first-order valence-corrected chi connectivity index (χ1v) is 7.39. The minimum absolute atomic E-state index is 0.0441. The van der Waals surface area contributed by atoms with Gasteiger partial charge in [-0.2, -0.15) is 0 Å². The van der Waals surface area contributed by atoms with Crippen LogP contribution in [0.15, 0.2) is 18.2 Å². The average molecular weight is 322 g/mol. The van der Waals surface area contributed by atoms with Gasteiger partial charge < -0.3 is 4.90 Å². The number of ketones is 1. The largest absolute Gasteiger partial charge is 0.364 e. The first kappa shape index (κ1) is 15.8. The molecule has 98 valence electrons. The summed E-state index contributed by atoms with van der Waals surface area (Å²) in [6, 6.07) is 4.92. The number of carbonyl (C=O) groups excluding carboxylic acids is 1. The van der Waals surface area contributed by atoms with Gasteiger partial charge in [0.05, 0.1) is 10.0 Å². The molecule has 0 N–H and O–H groups in total. The van der Waals surface area contributed by atoms with E-state index < -0.39 is 0 Å². The van der Waals surface area contributed by atoms with Gasteiger partial charge in [0, 0.05) is 31.8 Å². The third kappa shape index (κ3) is 4.76. The number of hydrogen-bond donors (Lipinski definition) is 0. The molecule has 6 heteroatoms. The van der Waals surface area contributed by atoms with E-state index in [0.717, 1.165) is 4.32 Å². The number of Topliss-reactive ketones (excluding diaryl/α,β-unsaturated/α-hetero) is 1. The van der Waals surface area contributed by atoms with E-state index in [4.69, 9.17) is 35.4 Å². The molecule has 0 radical (unpaired) electrons. The fourth-order valence-electron chi connectivity index (χ4n) is 1.17. The maximum Gasteiger partial charge on any atom is 0.163 e. The van der Waals surface area contributed by atoms with E-state index in [-0.39, 0.29) is 5.78 Å². The maximum atomic E-state index is 11.9. The number of carbonyl (C=O) groups is 1. The van der Waals surface area contributed by atoms with Crippen LogP contribution in [0.1, 0.15) is 16.8 Å². The van der Waals surface area contributed by atoms with Gasteiger partial charge in [0.25, 0.3) is 0 Å². The highest BCUT2D eigenvalue weighted by Gasteiger charge is 2.09. The number of thioether (sulfide) groups is 1. The van der Waals surface area contributed by atoms with Crippen molar-refractivity contribution in [3.05, 3.63) is 33.8 Å². The second-order valence-corrected chi connectivity index (χ2v) is 6.35. The van der Waals surface area contributed by atoms with Crippen LogP contribution in [0.4, 0.5) is 0 Å². The molecule has 0 aliphatic heterocycles. The lowest BCUT2D eigenvalue weighted by Gasteiger charge is -2.12. The van der Waals surface area contributed by atoms with Gasteiger partial charge in [-0.1, -0.05) is 47.2 Å². The zero-order chi connectivity index (χ0) is 13.7. The SMILES string of the molecule is CN(C)C(=S)SCCC(=O)c1ccc(Cl)c(Cl)c1. The zero-order valence-corrected chi connectivity index (χ0v) is 13.2. The smallest absolute Gasteiger partial charge is 0.163 e.